The van der Waals surface area contributed by atoms with Crippen LogP contribution in [0.3, 0.4) is 0 Å². The lowest BCUT2D eigenvalue weighted by atomic mass is 10.2. The van der Waals surface area contributed by atoms with Gasteiger partial charge in [-0.15, -0.1) is 25.7 Å². The Morgan fingerprint density at radius 2 is 1.69 bits per heavy atom. The minimum Gasteiger partial charge on any atom is -0.480 e. The Bertz CT molecular complexity index is 595. The fourth-order valence-electron chi connectivity index (χ4n) is 1.26. The highest BCUT2D eigenvalue weighted by atomic mass is 16.5. The summed E-state index contributed by atoms with van der Waals surface area (Å²) in [6.45, 7) is 1.38. The van der Waals surface area contributed by atoms with Crippen molar-refractivity contribution in [2.75, 3.05) is 20.3 Å². The molecule has 1 aromatic heterocycles. The number of aliphatic hydroxyl groups excluding tert-OH is 2. The van der Waals surface area contributed by atoms with Crippen LogP contribution in [0.15, 0.2) is 4.52 Å². The molecule has 9 N–H and O–H groups in total. The van der Waals surface area contributed by atoms with Crippen molar-refractivity contribution in [2.45, 2.75) is 25.9 Å². The maximum absolute atomic E-state index is 11.4. The van der Waals surface area contributed by atoms with Crippen LogP contribution < -0.4 is 22.1 Å². The van der Waals surface area contributed by atoms with Crippen molar-refractivity contribution in [3.05, 3.63) is 11.7 Å². The number of nitrogens with two attached hydrogens (primary N) is 2. The molecule has 164 valence electrons. The Morgan fingerprint density at radius 3 is 2.03 bits per heavy atom. The van der Waals surface area contributed by atoms with Gasteiger partial charge < -0.3 is 41.9 Å². The van der Waals surface area contributed by atoms with Crippen molar-refractivity contribution in [1.82, 2.24) is 20.8 Å². The number of carboxylic acid groups (broad SMARTS) is 1. The van der Waals surface area contributed by atoms with Gasteiger partial charge in [-0.3, -0.25) is 9.59 Å². The molecule has 1 aromatic rings. The van der Waals surface area contributed by atoms with Gasteiger partial charge in [0, 0.05) is 13.7 Å². The van der Waals surface area contributed by atoms with E-state index in [1.54, 1.807) is 6.92 Å². The molecule has 0 aliphatic carbocycles. The lowest BCUT2D eigenvalue weighted by Gasteiger charge is -2.13. The summed E-state index contributed by atoms with van der Waals surface area (Å²) >= 11 is 0. The number of amides is 3. The Hall–Kier alpha value is -3.65. The van der Waals surface area contributed by atoms with Crippen LogP contribution in [0.5, 0.6) is 0 Å². The molecule has 1 rings (SSSR count). The highest BCUT2D eigenvalue weighted by Gasteiger charge is 2.23. The molecule has 1 heterocycles. The van der Waals surface area contributed by atoms with Crippen molar-refractivity contribution in [3.63, 3.8) is 0 Å². The average molecular weight is 416 g/mol. The van der Waals surface area contributed by atoms with E-state index in [0.29, 0.717) is 0 Å². The molecule has 13 nitrogen and oxygen atoms in total. The number of nitrogens with zero attached hydrogens (tertiary/aromatic N) is 2. The minimum absolute atomic E-state index is 0.0258. The normalized spacial score (nSPS) is 9.00. The number of aliphatic hydroxyl groups is 2. The molecule has 29 heavy (non-hydrogen) atoms. The number of urea groups is 1. The number of primary amides is 1. The Kier molecular flexibility index (Phi) is 27.7. The summed E-state index contributed by atoms with van der Waals surface area (Å²) in [5.41, 5.74) is 10.4. The lowest BCUT2D eigenvalue weighted by Crippen LogP contribution is -2.41. The second-order valence-electron chi connectivity index (χ2n) is 4.01. The number of hydrogen-bond acceptors (Lipinski definition) is 9. The Balaban J connectivity index is -0.000000301. The maximum atomic E-state index is 11.4. The number of hydrogen-bond donors (Lipinski definition) is 7. The van der Waals surface area contributed by atoms with Gasteiger partial charge in [-0.25, -0.2) is 4.79 Å². The summed E-state index contributed by atoms with van der Waals surface area (Å²) in [5.74, 6) is -1.77. The van der Waals surface area contributed by atoms with Gasteiger partial charge in [0.1, 0.15) is 12.6 Å². The number of terminal acetylenes is 2. The molecule has 1 atom stereocenters. The van der Waals surface area contributed by atoms with Gasteiger partial charge in [-0.2, -0.15) is 4.98 Å². The van der Waals surface area contributed by atoms with E-state index in [2.05, 4.69) is 46.5 Å². The van der Waals surface area contributed by atoms with Crippen molar-refractivity contribution >= 4 is 17.9 Å². The molecule has 0 fully saturated rings. The smallest absolute Gasteiger partial charge is 0.323 e. The van der Waals surface area contributed by atoms with E-state index < -0.39 is 30.5 Å². The fraction of sp³-hybridized carbons (Fsp3) is 0.438. The van der Waals surface area contributed by atoms with E-state index in [9.17, 15) is 14.4 Å². The fourth-order valence-corrected chi connectivity index (χ4v) is 1.26. The van der Waals surface area contributed by atoms with E-state index in [0.717, 1.165) is 7.11 Å². The van der Waals surface area contributed by atoms with E-state index in [1.807, 2.05) is 0 Å². The summed E-state index contributed by atoms with van der Waals surface area (Å²) in [5, 5.41) is 30.9. The first kappa shape index (κ1) is 33.0. The summed E-state index contributed by atoms with van der Waals surface area (Å²) in [6, 6.07) is -1.78. The maximum Gasteiger partial charge on any atom is 0.323 e. The van der Waals surface area contributed by atoms with Crippen molar-refractivity contribution in [2.24, 2.45) is 11.5 Å². The molecule has 13 heteroatoms. The number of aliphatic carboxylic acids is 1. The lowest BCUT2D eigenvalue weighted by molar-refractivity contribution is -0.135. The number of aromatic nitrogens is 2. The quantitative estimate of drug-likeness (QED) is 0.240. The Labute approximate surface area is 168 Å². The van der Waals surface area contributed by atoms with Crippen molar-refractivity contribution in [3.8, 4) is 25.7 Å². The monoisotopic (exact) mass is 416 g/mol. The summed E-state index contributed by atoms with van der Waals surface area (Å²) < 4.78 is 4.84. The van der Waals surface area contributed by atoms with E-state index in [4.69, 9.17) is 31.3 Å². The van der Waals surface area contributed by atoms with Gasteiger partial charge in [0.05, 0.1) is 13.0 Å². The topological polar surface area (TPSA) is 227 Å². The zero-order chi connectivity index (χ0) is 23.8. The molecule has 0 saturated carbocycles. The van der Waals surface area contributed by atoms with Crippen LogP contribution in [0.2, 0.25) is 0 Å². The number of carbonyl (C=O) groups is 3. The van der Waals surface area contributed by atoms with Gasteiger partial charge in [0.2, 0.25) is 11.8 Å². The summed E-state index contributed by atoms with van der Waals surface area (Å²) in [4.78, 5) is 36.6. The van der Waals surface area contributed by atoms with Gasteiger partial charge >= 0.3 is 12.0 Å². The molecule has 0 unspecified atom stereocenters. The highest BCUT2D eigenvalue weighted by molar-refractivity contribution is 5.81. The van der Waals surface area contributed by atoms with Crippen LogP contribution >= 0.6 is 0 Å². The zero-order valence-corrected chi connectivity index (χ0v) is 16.2. The van der Waals surface area contributed by atoms with E-state index >= 15 is 0 Å². The molecule has 0 bridgehead atoms. The largest absolute Gasteiger partial charge is 0.480 e. The first-order valence-electron chi connectivity index (χ1n) is 7.63. The molecular weight excluding hydrogens is 388 g/mol. The van der Waals surface area contributed by atoms with E-state index in [-0.39, 0.29) is 31.3 Å². The van der Waals surface area contributed by atoms with Crippen LogP contribution in [0, 0.1) is 25.7 Å². The van der Waals surface area contributed by atoms with Crippen LogP contribution in [0.1, 0.15) is 31.1 Å². The molecule has 0 aromatic carbocycles. The third-order valence-corrected chi connectivity index (χ3v) is 2.08. The molecule has 0 spiro atoms. The van der Waals surface area contributed by atoms with Crippen LogP contribution in [-0.2, 0) is 16.1 Å². The van der Waals surface area contributed by atoms with Crippen molar-refractivity contribution < 1.29 is 34.2 Å². The average Bonchev–Trinajstić information content (AvgIpc) is 3.20. The predicted molar refractivity (Wildman–Crippen MR) is 104 cm³/mol. The SMILES string of the molecule is C#C.C#C.CCO.CO.NCc1noc([C@@H](CC(N)=O)NC(=O)NCC(=O)O)n1. The standard InChI is InChI=1S/C9H14N6O5.C2H6O.2C2H2.CH4O/c10-2-6-14-8(20-15-6)4(1-5(11)16)13-9(19)12-3-7(17)18;1-2-3;3*1-2/h4H,1-3,10H2,(H2,11,16)(H,17,18)(H2,12,13,19);3H,2H2,1H3;2*1-2H;2H,1H3/t4-;;;;/m1..../s1. The van der Waals surface area contributed by atoms with Crippen LogP contribution in [-0.4, -0.2) is 63.6 Å². The number of nitrogens with one attached hydrogen (secondary N) is 2. The third-order valence-electron chi connectivity index (χ3n) is 2.08. The first-order valence-corrected chi connectivity index (χ1v) is 7.63. The van der Waals surface area contributed by atoms with Crippen molar-refractivity contribution in [1.29, 1.82) is 0 Å². The number of carbonyl (C=O) groups excluding carboxylic acids is 2. The third kappa shape index (κ3) is 20.5. The minimum atomic E-state index is -1.21. The molecule has 0 saturated heterocycles. The second kappa shape index (κ2) is 24.4. The molecular formula is C16H28N6O7. The summed E-state index contributed by atoms with van der Waals surface area (Å²) in [6.07, 6.45) is 15.7. The van der Waals surface area contributed by atoms with Gasteiger partial charge in [0.15, 0.2) is 5.82 Å². The molecule has 3 amide bonds. The van der Waals surface area contributed by atoms with E-state index in [1.165, 1.54) is 0 Å². The zero-order valence-electron chi connectivity index (χ0n) is 16.2. The molecule has 0 aliphatic rings. The molecule has 0 radical (unpaired) electrons. The first-order chi connectivity index (χ1) is 13.8. The van der Waals surface area contributed by atoms with Gasteiger partial charge in [-0.05, 0) is 6.92 Å². The van der Waals surface area contributed by atoms with Gasteiger partial charge in [-0.1, -0.05) is 5.16 Å². The second-order valence-corrected chi connectivity index (χ2v) is 4.01. The highest BCUT2D eigenvalue weighted by Crippen LogP contribution is 2.14. The summed E-state index contributed by atoms with van der Waals surface area (Å²) in [7, 11) is 1.00. The van der Waals surface area contributed by atoms with Gasteiger partial charge in [0.25, 0.3) is 0 Å². The Morgan fingerprint density at radius 1 is 1.21 bits per heavy atom. The molecule has 0 aliphatic heterocycles. The predicted octanol–water partition coefficient (Wildman–Crippen LogP) is -2.07. The van der Waals surface area contributed by atoms with Crippen LogP contribution in [0.25, 0.3) is 0 Å². The van der Waals surface area contributed by atoms with Crippen LogP contribution in [0.4, 0.5) is 4.79 Å². The number of rotatable bonds is 7. The number of carboxylic acids is 1.